The molecule has 0 spiro atoms. The molecule has 13 heavy (non-hydrogen) atoms. The lowest BCUT2D eigenvalue weighted by Crippen LogP contribution is -1.89. The van der Waals surface area contributed by atoms with E-state index in [0.717, 1.165) is 11.1 Å². The summed E-state index contributed by atoms with van der Waals surface area (Å²) < 4.78 is 0. The first kappa shape index (κ1) is 7.79. The normalized spacial score (nSPS) is 10.5. The fourth-order valence-electron chi connectivity index (χ4n) is 1.45. The molecular formula is C9H8N2O2. The second-order valence-corrected chi connectivity index (χ2v) is 2.93. The lowest BCUT2D eigenvalue weighted by Gasteiger charge is -1.96. The number of non-ortho nitro benzene ring substituents is 1. The second kappa shape index (κ2) is 2.58. The van der Waals surface area contributed by atoms with Crippen molar-refractivity contribution in [3.05, 3.63) is 40.1 Å². The number of hydrogen-bond acceptors (Lipinski definition) is 2. The molecule has 4 heteroatoms. The van der Waals surface area contributed by atoms with Crippen molar-refractivity contribution in [1.82, 2.24) is 4.98 Å². The van der Waals surface area contributed by atoms with E-state index in [0.29, 0.717) is 5.39 Å². The van der Waals surface area contributed by atoms with E-state index in [1.807, 2.05) is 6.92 Å². The molecule has 0 bridgehead atoms. The van der Waals surface area contributed by atoms with Crippen LogP contribution in [-0.4, -0.2) is 9.91 Å². The van der Waals surface area contributed by atoms with Gasteiger partial charge in [-0.05, 0) is 18.6 Å². The number of aromatic amines is 1. The van der Waals surface area contributed by atoms with Gasteiger partial charge in [-0.1, -0.05) is 6.07 Å². The topological polar surface area (TPSA) is 58.9 Å². The molecule has 0 saturated carbocycles. The smallest absolute Gasteiger partial charge is 0.278 e. The third-order valence-electron chi connectivity index (χ3n) is 2.11. The minimum Gasteiger partial charge on any atom is -0.361 e. The van der Waals surface area contributed by atoms with Gasteiger partial charge in [0.1, 0.15) is 0 Å². The zero-order valence-corrected chi connectivity index (χ0v) is 7.07. The Hall–Kier alpha value is -1.84. The van der Waals surface area contributed by atoms with Crippen LogP contribution in [-0.2, 0) is 0 Å². The molecule has 1 heterocycles. The molecule has 0 saturated heterocycles. The monoisotopic (exact) mass is 176 g/mol. The van der Waals surface area contributed by atoms with Gasteiger partial charge in [0.15, 0.2) is 0 Å². The van der Waals surface area contributed by atoms with Gasteiger partial charge in [0.25, 0.3) is 5.69 Å². The van der Waals surface area contributed by atoms with Crippen LogP contribution in [0, 0.1) is 17.0 Å². The van der Waals surface area contributed by atoms with E-state index in [9.17, 15) is 10.1 Å². The van der Waals surface area contributed by atoms with Gasteiger partial charge in [0.05, 0.1) is 15.8 Å². The number of benzene rings is 1. The van der Waals surface area contributed by atoms with Crippen molar-refractivity contribution in [3.8, 4) is 0 Å². The van der Waals surface area contributed by atoms with Crippen LogP contribution in [0.3, 0.4) is 0 Å². The summed E-state index contributed by atoms with van der Waals surface area (Å²) in [5.41, 5.74) is 2.02. The van der Waals surface area contributed by atoms with E-state index in [1.54, 1.807) is 18.3 Å². The van der Waals surface area contributed by atoms with Crippen LogP contribution in [0.2, 0.25) is 0 Å². The molecule has 0 amide bonds. The molecule has 0 atom stereocenters. The SMILES string of the molecule is Cc1ccc([N+](=O)[O-])c2cc[nH]c12. The van der Waals surface area contributed by atoms with Gasteiger partial charge in [0, 0.05) is 12.3 Å². The third kappa shape index (κ3) is 1.07. The Morgan fingerprint density at radius 3 is 2.85 bits per heavy atom. The lowest BCUT2D eigenvalue weighted by molar-refractivity contribution is -0.383. The number of H-pyrrole nitrogens is 1. The zero-order chi connectivity index (χ0) is 9.42. The molecule has 0 aliphatic heterocycles. The number of hydrogen-bond donors (Lipinski definition) is 1. The molecule has 0 aliphatic rings. The van der Waals surface area contributed by atoms with Crippen molar-refractivity contribution < 1.29 is 4.92 Å². The summed E-state index contributed by atoms with van der Waals surface area (Å²) in [4.78, 5) is 13.2. The standard InChI is InChI=1S/C9H8N2O2/c1-6-2-3-8(11(12)13)7-4-5-10-9(6)7/h2-5,10H,1H3. The summed E-state index contributed by atoms with van der Waals surface area (Å²) in [5, 5.41) is 11.3. The van der Waals surface area contributed by atoms with Crippen LogP contribution in [0.15, 0.2) is 24.4 Å². The van der Waals surface area contributed by atoms with Crippen molar-refractivity contribution in [3.63, 3.8) is 0 Å². The minimum atomic E-state index is -0.365. The number of fused-ring (bicyclic) bond motifs is 1. The Morgan fingerprint density at radius 1 is 1.38 bits per heavy atom. The highest BCUT2D eigenvalue weighted by Crippen LogP contribution is 2.26. The van der Waals surface area contributed by atoms with Gasteiger partial charge in [-0.2, -0.15) is 0 Å². The molecule has 2 rings (SSSR count). The fraction of sp³-hybridized carbons (Fsp3) is 0.111. The molecule has 1 aromatic carbocycles. The molecule has 0 aliphatic carbocycles. The highest BCUT2D eigenvalue weighted by Gasteiger charge is 2.12. The highest BCUT2D eigenvalue weighted by molar-refractivity contribution is 5.90. The summed E-state index contributed by atoms with van der Waals surface area (Å²) in [6.07, 6.45) is 1.71. The molecule has 4 nitrogen and oxygen atoms in total. The number of aryl methyl sites for hydroxylation is 1. The van der Waals surface area contributed by atoms with Crippen LogP contribution >= 0.6 is 0 Å². The summed E-state index contributed by atoms with van der Waals surface area (Å²) in [5.74, 6) is 0. The van der Waals surface area contributed by atoms with E-state index in [2.05, 4.69) is 4.98 Å². The summed E-state index contributed by atoms with van der Waals surface area (Å²) >= 11 is 0. The van der Waals surface area contributed by atoms with Gasteiger partial charge >= 0.3 is 0 Å². The Kier molecular flexibility index (Phi) is 1.55. The van der Waals surface area contributed by atoms with E-state index in [-0.39, 0.29) is 10.6 Å². The van der Waals surface area contributed by atoms with E-state index in [1.165, 1.54) is 6.07 Å². The Morgan fingerprint density at radius 2 is 2.15 bits per heavy atom. The van der Waals surface area contributed by atoms with Crippen molar-refractivity contribution in [2.24, 2.45) is 0 Å². The number of nitrogens with zero attached hydrogens (tertiary/aromatic N) is 1. The highest BCUT2D eigenvalue weighted by atomic mass is 16.6. The first-order valence-electron chi connectivity index (χ1n) is 3.91. The van der Waals surface area contributed by atoms with Crippen molar-refractivity contribution >= 4 is 16.6 Å². The first-order chi connectivity index (χ1) is 6.20. The molecule has 66 valence electrons. The van der Waals surface area contributed by atoms with E-state index in [4.69, 9.17) is 0 Å². The van der Waals surface area contributed by atoms with E-state index >= 15 is 0 Å². The maximum absolute atomic E-state index is 10.6. The maximum atomic E-state index is 10.6. The molecule has 0 unspecified atom stereocenters. The predicted octanol–water partition coefficient (Wildman–Crippen LogP) is 2.38. The van der Waals surface area contributed by atoms with Gasteiger partial charge < -0.3 is 4.98 Å². The quantitative estimate of drug-likeness (QED) is 0.535. The average Bonchev–Trinajstić information content (AvgIpc) is 2.53. The molecule has 2 aromatic rings. The largest absolute Gasteiger partial charge is 0.361 e. The van der Waals surface area contributed by atoms with Gasteiger partial charge in [-0.15, -0.1) is 0 Å². The molecule has 0 fully saturated rings. The van der Waals surface area contributed by atoms with Crippen LogP contribution in [0.5, 0.6) is 0 Å². The lowest BCUT2D eigenvalue weighted by atomic mass is 10.1. The molecule has 1 aromatic heterocycles. The van der Waals surface area contributed by atoms with Crippen LogP contribution in [0.4, 0.5) is 5.69 Å². The van der Waals surface area contributed by atoms with Crippen molar-refractivity contribution in [2.75, 3.05) is 0 Å². The molecular weight excluding hydrogens is 168 g/mol. The first-order valence-corrected chi connectivity index (χ1v) is 3.91. The molecule has 0 radical (unpaired) electrons. The van der Waals surface area contributed by atoms with Crippen LogP contribution < -0.4 is 0 Å². The van der Waals surface area contributed by atoms with Gasteiger partial charge in [-0.3, -0.25) is 10.1 Å². The fourth-order valence-corrected chi connectivity index (χ4v) is 1.45. The number of nitro benzene ring substituents is 1. The van der Waals surface area contributed by atoms with E-state index < -0.39 is 0 Å². The second-order valence-electron chi connectivity index (χ2n) is 2.93. The zero-order valence-electron chi connectivity index (χ0n) is 7.07. The van der Waals surface area contributed by atoms with Crippen molar-refractivity contribution in [2.45, 2.75) is 6.92 Å². The summed E-state index contributed by atoms with van der Waals surface area (Å²) in [6.45, 7) is 1.92. The Labute approximate surface area is 74.3 Å². The number of rotatable bonds is 1. The van der Waals surface area contributed by atoms with Crippen LogP contribution in [0.1, 0.15) is 5.56 Å². The van der Waals surface area contributed by atoms with Crippen molar-refractivity contribution in [1.29, 1.82) is 0 Å². The number of nitrogens with one attached hydrogen (secondary N) is 1. The Bertz CT molecular complexity index is 473. The maximum Gasteiger partial charge on any atom is 0.278 e. The van der Waals surface area contributed by atoms with Crippen LogP contribution in [0.25, 0.3) is 10.9 Å². The number of nitro groups is 1. The summed E-state index contributed by atoms with van der Waals surface area (Å²) in [7, 11) is 0. The Balaban J connectivity index is 2.86. The summed E-state index contributed by atoms with van der Waals surface area (Å²) in [6, 6.07) is 5.00. The minimum absolute atomic E-state index is 0.154. The number of aromatic nitrogens is 1. The third-order valence-corrected chi connectivity index (χ3v) is 2.11. The predicted molar refractivity (Wildman–Crippen MR) is 49.7 cm³/mol. The average molecular weight is 176 g/mol. The van der Waals surface area contributed by atoms with Gasteiger partial charge in [0.2, 0.25) is 0 Å². The van der Waals surface area contributed by atoms with Gasteiger partial charge in [-0.25, -0.2) is 0 Å². The molecule has 1 N–H and O–H groups in total.